The fourth-order valence-electron chi connectivity index (χ4n) is 2.71. The van der Waals surface area contributed by atoms with E-state index in [0.717, 1.165) is 31.9 Å². The molecule has 114 valence electrons. The molecule has 0 bridgehead atoms. The molecule has 1 fully saturated rings. The van der Waals surface area contributed by atoms with Gasteiger partial charge < -0.3 is 5.73 Å². The molecule has 1 saturated heterocycles. The van der Waals surface area contributed by atoms with Crippen molar-refractivity contribution >= 4 is 12.4 Å². The molecule has 2 unspecified atom stereocenters. The Kier molecular flexibility index (Phi) is 6.30. The van der Waals surface area contributed by atoms with Gasteiger partial charge in [-0.15, -0.1) is 12.4 Å². The van der Waals surface area contributed by atoms with Crippen LogP contribution in [0.4, 0.5) is 13.2 Å². The molecule has 0 aromatic heterocycles. The van der Waals surface area contributed by atoms with E-state index in [4.69, 9.17) is 5.73 Å². The summed E-state index contributed by atoms with van der Waals surface area (Å²) in [5, 5.41) is 0. The molecule has 1 aliphatic heterocycles. The molecule has 1 aliphatic rings. The quantitative estimate of drug-likeness (QED) is 0.869. The van der Waals surface area contributed by atoms with E-state index in [1.165, 1.54) is 0 Å². The number of nitrogens with zero attached hydrogens (tertiary/aromatic N) is 1. The second kappa shape index (κ2) is 7.29. The van der Waals surface area contributed by atoms with Gasteiger partial charge >= 0.3 is 0 Å². The Hall–Kier alpha value is -0.780. The first-order valence-electron chi connectivity index (χ1n) is 6.62. The Bertz CT molecular complexity index is 454. The summed E-state index contributed by atoms with van der Waals surface area (Å²) >= 11 is 0. The lowest BCUT2D eigenvalue weighted by molar-refractivity contribution is 0.121. The van der Waals surface area contributed by atoms with Crippen LogP contribution in [0.25, 0.3) is 0 Å². The number of benzene rings is 1. The lowest BCUT2D eigenvalue weighted by Gasteiger charge is -2.38. The van der Waals surface area contributed by atoms with Crippen LogP contribution in [0.5, 0.6) is 0 Å². The Morgan fingerprint density at radius 3 is 2.50 bits per heavy atom. The summed E-state index contributed by atoms with van der Waals surface area (Å²) in [4.78, 5) is 2.06. The molecule has 0 amide bonds. The average molecular weight is 309 g/mol. The monoisotopic (exact) mass is 308 g/mol. The van der Waals surface area contributed by atoms with Gasteiger partial charge in [0.25, 0.3) is 0 Å². The summed E-state index contributed by atoms with van der Waals surface area (Å²) in [6.07, 6.45) is 3.08. The first-order chi connectivity index (χ1) is 8.99. The van der Waals surface area contributed by atoms with Crippen LogP contribution in [-0.4, -0.2) is 23.5 Å². The smallest absolute Gasteiger partial charge is 0.161 e. The maximum Gasteiger partial charge on any atom is 0.161 e. The summed E-state index contributed by atoms with van der Waals surface area (Å²) in [5.41, 5.74) is 6.12. The van der Waals surface area contributed by atoms with Gasteiger partial charge in [0.05, 0.1) is 0 Å². The van der Waals surface area contributed by atoms with Gasteiger partial charge in [-0.25, -0.2) is 13.2 Å². The predicted octanol–water partition coefficient (Wildman–Crippen LogP) is 3.23. The Morgan fingerprint density at radius 1 is 1.20 bits per heavy atom. The molecule has 0 saturated carbocycles. The maximum absolute atomic E-state index is 13.6. The number of likely N-dealkylation sites (tertiary alicyclic amines) is 1. The Balaban J connectivity index is 0.00000200. The zero-order valence-electron chi connectivity index (χ0n) is 11.4. The van der Waals surface area contributed by atoms with Crippen molar-refractivity contribution < 1.29 is 13.2 Å². The third-order valence-electron chi connectivity index (χ3n) is 3.73. The van der Waals surface area contributed by atoms with Crippen molar-refractivity contribution in [2.75, 3.05) is 6.54 Å². The van der Waals surface area contributed by atoms with Crippen LogP contribution in [0, 0.1) is 17.5 Å². The fraction of sp³-hybridized carbons (Fsp3) is 0.571. The van der Waals surface area contributed by atoms with Crippen molar-refractivity contribution in [3.8, 4) is 0 Å². The molecule has 20 heavy (non-hydrogen) atoms. The Labute approximate surface area is 123 Å². The minimum Gasteiger partial charge on any atom is -0.327 e. The van der Waals surface area contributed by atoms with Crippen LogP contribution in [0.2, 0.25) is 0 Å². The zero-order valence-corrected chi connectivity index (χ0v) is 12.2. The SMILES string of the molecule is CC(N)C1CCCCN1Cc1cc(F)c(F)cc1F.Cl. The highest BCUT2D eigenvalue weighted by atomic mass is 35.5. The van der Waals surface area contributed by atoms with E-state index >= 15 is 0 Å². The summed E-state index contributed by atoms with van der Waals surface area (Å²) in [7, 11) is 0. The molecule has 1 aromatic carbocycles. The molecule has 1 aromatic rings. The van der Waals surface area contributed by atoms with Gasteiger partial charge in [-0.2, -0.15) is 0 Å². The highest BCUT2D eigenvalue weighted by molar-refractivity contribution is 5.85. The second-order valence-corrected chi connectivity index (χ2v) is 5.25. The average Bonchev–Trinajstić information content (AvgIpc) is 2.36. The molecule has 0 spiro atoms. The molecular formula is C14H20ClF3N2. The minimum atomic E-state index is -1.15. The van der Waals surface area contributed by atoms with E-state index in [1.54, 1.807) is 0 Å². The molecule has 2 rings (SSSR count). The summed E-state index contributed by atoms with van der Waals surface area (Å²) in [6.45, 7) is 3.00. The zero-order chi connectivity index (χ0) is 14.0. The predicted molar refractivity (Wildman–Crippen MR) is 75.3 cm³/mol. The van der Waals surface area contributed by atoms with Gasteiger partial charge in [-0.05, 0) is 32.4 Å². The lowest BCUT2D eigenvalue weighted by Crippen LogP contribution is -2.48. The van der Waals surface area contributed by atoms with Gasteiger partial charge in [0.1, 0.15) is 5.82 Å². The number of halogens is 4. The number of hydrogen-bond donors (Lipinski definition) is 1. The maximum atomic E-state index is 13.6. The molecule has 0 aliphatic carbocycles. The van der Waals surface area contributed by atoms with Gasteiger partial charge in [-0.3, -0.25) is 4.90 Å². The number of hydrogen-bond acceptors (Lipinski definition) is 2. The van der Waals surface area contributed by atoms with E-state index in [-0.39, 0.29) is 36.6 Å². The van der Waals surface area contributed by atoms with Crippen LogP contribution in [0.15, 0.2) is 12.1 Å². The third-order valence-corrected chi connectivity index (χ3v) is 3.73. The van der Waals surface area contributed by atoms with E-state index < -0.39 is 17.5 Å². The number of rotatable bonds is 3. The third kappa shape index (κ3) is 3.87. The molecule has 0 radical (unpaired) electrons. The highest BCUT2D eigenvalue weighted by Gasteiger charge is 2.26. The molecule has 2 atom stereocenters. The fourth-order valence-corrected chi connectivity index (χ4v) is 2.71. The topological polar surface area (TPSA) is 29.3 Å². The van der Waals surface area contributed by atoms with Gasteiger partial charge in [0.2, 0.25) is 0 Å². The van der Waals surface area contributed by atoms with Crippen molar-refractivity contribution in [2.24, 2.45) is 5.73 Å². The largest absolute Gasteiger partial charge is 0.327 e. The second-order valence-electron chi connectivity index (χ2n) is 5.25. The van der Waals surface area contributed by atoms with Crippen molar-refractivity contribution in [3.05, 3.63) is 35.1 Å². The van der Waals surface area contributed by atoms with Gasteiger partial charge in [0, 0.05) is 30.3 Å². The highest BCUT2D eigenvalue weighted by Crippen LogP contribution is 2.23. The first-order valence-corrected chi connectivity index (χ1v) is 6.62. The van der Waals surface area contributed by atoms with Crippen molar-refractivity contribution in [2.45, 2.75) is 44.8 Å². The van der Waals surface area contributed by atoms with E-state index in [2.05, 4.69) is 4.90 Å². The van der Waals surface area contributed by atoms with Crippen LogP contribution >= 0.6 is 12.4 Å². The van der Waals surface area contributed by atoms with E-state index in [0.29, 0.717) is 6.07 Å². The van der Waals surface area contributed by atoms with Crippen molar-refractivity contribution in [1.82, 2.24) is 4.90 Å². The summed E-state index contributed by atoms with van der Waals surface area (Å²) in [6, 6.07) is 1.70. The molecular weight excluding hydrogens is 289 g/mol. The normalized spacial score (nSPS) is 21.4. The first kappa shape index (κ1) is 17.3. The molecule has 2 nitrogen and oxygen atoms in total. The number of nitrogens with two attached hydrogens (primary N) is 1. The molecule has 1 heterocycles. The summed E-state index contributed by atoms with van der Waals surface area (Å²) in [5.74, 6) is -2.86. The van der Waals surface area contributed by atoms with Gasteiger partial charge in [0.15, 0.2) is 11.6 Å². The van der Waals surface area contributed by atoms with Crippen LogP contribution < -0.4 is 5.73 Å². The minimum absolute atomic E-state index is 0. The van der Waals surface area contributed by atoms with Crippen molar-refractivity contribution in [3.63, 3.8) is 0 Å². The molecule has 6 heteroatoms. The summed E-state index contributed by atoms with van der Waals surface area (Å²) < 4.78 is 39.7. The standard InChI is InChI=1S/C14H19F3N2.ClH/c1-9(18)14-4-2-3-5-19(14)8-10-6-12(16)13(17)7-11(10)15;/h6-7,9,14H,2-5,8,18H2,1H3;1H. The van der Waals surface area contributed by atoms with Gasteiger partial charge in [-0.1, -0.05) is 6.42 Å². The van der Waals surface area contributed by atoms with E-state index in [1.807, 2.05) is 6.92 Å². The lowest BCUT2D eigenvalue weighted by atomic mass is 9.96. The van der Waals surface area contributed by atoms with Crippen LogP contribution in [0.3, 0.4) is 0 Å². The molecule has 2 N–H and O–H groups in total. The van der Waals surface area contributed by atoms with Crippen molar-refractivity contribution in [1.29, 1.82) is 0 Å². The van der Waals surface area contributed by atoms with E-state index in [9.17, 15) is 13.2 Å². The van der Waals surface area contributed by atoms with Crippen LogP contribution in [-0.2, 0) is 6.54 Å². The number of piperidine rings is 1. The van der Waals surface area contributed by atoms with Crippen LogP contribution in [0.1, 0.15) is 31.7 Å². The Morgan fingerprint density at radius 2 is 1.85 bits per heavy atom.